The molecular weight excluding hydrogens is 815 g/mol. The number of benzene rings is 10. The third-order valence-electron chi connectivity index (χ3n) is 14.5. The van der Waals surface area contributed by atoms with Gasteiger partial charge in [0.1, 0.15) is 0 Å². The predicted molar refractivity (Wildman–Crippen MR) is 280 cm³/mol. The van der Waals surface area contributed by atoms with Gasteiger partial charge in [0.25, 0.3) is 0 Å². The van der Waals surface area contributed by atoms with Crippen LogP contribution < -0.4 is 4.90 Å². The van der Waals surface area contributed by atoms with Gasteiger partial charge in [0.2, 0.25) is 0 Å². The average molecular weight is 860 g/mol. The van der Waals surface area contributed by atoms with Crippen LogP contribution in [0.5, 0.6) is 0 Å². The van der Waals surface area contributed by atoms with Crippen LogP contribution in [-0.2, 0) is 10.8 Å². The summed E-state index contributed by atoms with van der Waals surface area (Å²) in [5.41, 5.74) is 20.5. The minimum atomic E-state index is -0.605. The molecule has 0 saturated carbocycles. The summed E-state index contributed by atoms with van der Waals surface area (Å²) in [6.07, 6.45) is 0. The summed E-state index contributed by atoms with van der Waals surface area (Å²) in [4.78, 5) is 2.61. The molecule has 1 nitrogen and oxygen atoms in total. The second kappa shape index (κ2) is 14.9. The number of nitrogens with zero attached hydrogens (tertiary/aromatic N) is 1. The summed E-state index contributed by atoms with van der Waals surface area (Å²) >= 11 is 1.90. The molecule has 2 aliphatic rings. The summed E-state index contributed by atoms with van der Waals surface area (Å²) in [7, 11) is 0. The molecule has 10 aromatic carbocycles. The molecule has 0 aliphatic heterocycles. The van der Waals surface area contributed by atoms with E-state index in [0.717, 1.165) is 11.4 Å². The molecule has 0 radical (unpaired) electrons. The van der Waals surface area contributed by atoms with Crippen LogP contribution in [0.2, 0.25) is 0 Å². The van der Waals surface area contributed by atoms with Gasteiger partial charge in [0, 0.05) is 42.5 Å². The van der Waals surface area contributed by atoms with Gasteiger partial charge in [-0.25, -0.2) is 0 Å². The lowest BCUT2D eigenvalue weighted by Crippen LogP contribution is -2.28. The van der Waals surface area contributed by atoms with Crippen LogP contribution in [0.1, 0.15) is 47.2 Å². The van der Waals surface area contributed by atoms with Crippen molar-refractivity contribution in [3.05, 3.63) is 270 Å². The second-order valence-corrected chi connectivity index (χ2v) is 19.5. The molecule has 0 saturated heterocycles. The summed E-state index contributed by atoms with van der Waals surface area (Å²) in [6, 6.07) is 88.5. The molecular formula is C64H45NS. The van der Waals surface area contributed by atoms with Crippen molar-refractivity contribution in [3.63, 3.8) is 0 Å². The van der Waals surface area contributed by atoms with Crippen LogP contribution >= 0.6 is 11.3 Å². The van der Waals surface area contributed by atoms with E-state index in [1.54, 1.807) is 0 Å². The van der Waals surface area contributed by atoms with Crippen LogP contribution in [0.3, 0.4) is 0 Å². The topological polar surface area (TPSA) is 3.24 Å². The summed E-state index contributed by atoms with van der Waals surface area (Å²) < 4.78 is 2.56. The molecule has 0 bridgehead atoms. The fourth-order valence-electron chi connectivity index (χ4n) is 11.5. The van der Waals surface area contributed by atoms with Gasteiger partial charge in [0.05, 0.1) is 11.1 Å². The lowest BCUT2D eigenvalue weighted by Gasteiger charge is -2.35. The maximum Gasteiger partial charge on any atom is 0.0714 e. The molecule has 0 unspecified atom stereocenters. The van der Waals surface area contributed by atoms with Crippen molar-refractivity contribution in [2.75, 3.05) is 4.90 Å². The lowest BCUT2D eigenvalue weighted by atomic mass is 9.67. The third-order valence-corrected chi connectivity index (χ3v) is 15.7. The van der Waals surface area contributed by atoms with Gasteiger partial charge in [-0.15, -0.1) is 11.3 Å². The number of thiophene rings is 1. The van der Waals surface area contributed by atoms with Gasteiger partial charge in [-0.1, -0.05) is 208 Å². The number of hydrogen-bond acceptors (Lipinski definition) is 2. The van der Waals surface area contributed by atoms with Crippen LogP contribution in [0.15, 0.2) is 237 Å². The molecule has 312 valence electrons. The molecule has 13 rings (SSSR count). The quantitative estimate of drug-likeness (QED) is 0.154. The van der Waals surface area contributed by atoms with Crippen LogP contribution in [0.25, 0.3) is 64.7 Å². The zero-order valence-electron chi connectivity index (χ0n) is 36.9. The summed E-state index contributed by atoms with van der Waals surface area (Å²) in [5, 5.41) is 2.55. The van der Waals surface area contributed by atoms with E-state index in [1.165, 1.54) is 104 Å². The zero-order chi connectivity index (χ0) is 44.0. The highest BCUT2D eigenvalue weighted by atomic mass is 32.1. The fraction of sp³-hybridized carbons (Fsp3) is 0.0625. The van der Waals surface area contributed by atoms with E-state index in [0.29, 0.717) is 0 Å². The molecule has 2 aliphatic carbocycles. The van der Waals surface area contributed by atoms with Gasteiger partial charge in [-0.3, -0.25) is 0 Å². The van der Waals surface area contributed by atoms with E-state index < -0.39 is 5.41 Å². The van der Waals surface area contributed by atoms with Crippen LogP contribution in [-0.4, -0.2) is 0 Å². The smallest absolute Gasteiger partial charge is 0.0714 e. The van der Waals surface area contributed by atoms with E-state index in [9.17, 15) is 0 Å². The van der Waals surface area contributed by atoms with Crippen molar-refractivity contribution >= 4 is 48.6 Å². The first kappa shape index (κ1) is 38.7. The predicted octanol–water partition coefficient (Wildman–Crippen LogP) is 17.5. The van der Waals surface area contributed by atoms with E-state index in [-0.39, 0.29) is 5.41 Å². The first-order valence-electron chi connectivity index (χ1n) is 23.0. The highest BCUT2D eigenvalue weighted by Gasteiger charge is 2.49. The maximum atomic E-state index is 2.61. The molecule has 0 spiro atoms. The standard InChI is InChI=1S/C64H45NS/c1-63(2)54-29-17-15-27-50(54)51-37-36-49(40-56(51)63)65(48-34-31-44(32-35-48)42-19-7-3-8-20-42)62-60-53-39-45(43-21-9-4-10-22-43)33-38-55(53)64(46-23-11-5-12-24-46,47-25-13-6-14-26-47)57(60)41-59-61(62)52-28-16-18-30-58(52)66-59/h3-41H,1-2H3. The average Bonchev–Trinajstić information content (AvgIpc) is 3.98. The van der Waals surface area contributed by atoms with Crippen molar-refractivity contribution in [1.29, 1.82) is 0 Å². The molecule has 0 fully saturated rings. The highest BCUT2D eigenvalue weighted by Crippen LogP contribution is 2.63. The number of rotatable bonds is 7. The normalized spacial score (nSPS) is 13.8. The van der Waals surface area contributed by atoms with E-state index >= 15 is 0 Å². The first-order chi connectivity index (χ1) is 32.5. The Labute approximate surface area is 390 Å². The van der Waals surface area contributed by atoms with Gasteiger partial charge >= 0.3 is 0 Å². The Morgan fingerprint density at radius 2 is 0.909 bits per heavy atom. The number of fused-ring (bicyclic) bond motifs is 9. The minimum Gasteiger partial charge on any atom is -0.309 e. The molecule has 2 heteroatoms. The Morgan fingerprint density at radius 3 is 1.61 bits per heavy atom. The monoisotopic (exact) mass is 859 g/mol. The highest BCUT2D eigenvalue weighted by molar-refractivity contribution is 7.26. The van der Waals surface area contributed by atoms with E-state index in [4.69, 9.17) is 0 Å². The van der Waals surface area contributed by atoms with Gasteiger partial charge in [0.15, 0.2) is 0 Å². The zero-order valence-corrected chi connectivity index (χ0v) is 37.7. The molecule has 1 aromatic heterocycles. The van der Waals surface area contributed by atoms with Crippen molar-refractivity contribution in [2.45, 2.75) is 24.7 Å². The molecule has 0 amide bonds. The summed E-state index contributed by atoms with van der Waals surface area (Å²) in [6.45, 7) is 4.78. The Morgan fingerprint density at radius 1 is 0.364 bits per heavy atom. The van der Waals surface area contributed by atoms with Crippen molar-refractivity contribution in [3.8, 4) is 44.5 Å². The lowest BCUT2D eigenvalue weighted by molar-refractivity contribution is 0.660. The van der Waals surface area contributed by atoms with Crippen molar-refractivity contribution in [1.82, 2.24) is 0 Å². The van der Waals surface area contributed by atoms with Gasteiger partial charge in [-0.2, -0.15) is 0 Å². The Balaban J connectivity index is 1.20. The minimum absolute atomic E-state index is 0.180. The number of anilines is 3. The van der Waals surface area contributed by atoms with Crippen LogP contribution in [0.4, 0.5) is 17.1 Å². The van der Waals surface area contributed by atoms with Crippen LogP contribution in [0, 0.1) is 0 Å². The fourth-order valence-corrected chi connectivity index (χ4v) is 12.7. The Kier molecular flexibility index (Phi) is 8.72. The first-order valence-corrected chi connectivity index (χ1v) is 23.8. The summed E-state index contributed by atoms with van der Waals surface area (Å²) in [5.74, 6) is 0. The second-order valence-electron chi connectivity index (χ2n) is 18.4. The largest absolute Gasteiger partial charge is 0.309 e. The van der Waals surface area contributed by atoms with E-state index in [1.807, 2.05) is 11.3 Å². The Bertz CT molecular complexity index is 3600. The third kappa shape index (κ3) is 5.65. The van der Waals surface area contributed by atoms with Crippen molar-refractivity contribution in [2.24, 2.45) is 0 Å². The maximum absolute atomic E-state index is 2.61. The number of hydrogen-bond donors (Lipinski definition) is 0. The molecule has 0 atom stereocenters. The molecule has 1 heterocycles. The molecule has 11 aromatic rings. The van der Waals surface area contributed by atoms with Gasteiger partial charge < -0.3 is 4.90 Å². The SMILES string of the molecule is CC1(C)c2ccccc2-c2ccc(N(c3ccc(-c4ccccc4)cc3)c3c4c(cc5sc6ccccc6c35)C(c3ccccc3)(c3ccccc3)c3ccc(-c5ccccc5)cc3-4)cc21. The molecule has 66 heavy (non-hydrogen) atoms. The molecule has 0 N–H and O–H groups in total. The van der Waals surface area contributed by atoms with E-state index in [2.05, 4.69) is 255 Å². The Hall–Kier alpha value is -7.78. The van der Waals surface area contributed by atoms with Crippen molar-refractivity contribution < 1.29 is 0 Å². The van der Waals surface area contributed by atoms with Gasteiger partial charge in [-0.05, 0) is 115 Å².